The number of amides is 1. The molecule has 3 aliphatic heterocycles. The maximum Gasteiger partial charge on any atom is 0.310 e. The molecule has 46 heavy (non-hydrogen) atoms. The van der Waals surface area contributed by atoms with E-state index in [-0.39, 0.29) is 24.6 Å². The first-order valence-electron chi connectivity index (χ1n) is 15.9. The molecule has 244 valence electrons. The zero-order chi connectivity index (χ0) is 31.9. The summed E-state index contributed by atoms with van der Waals surface area (Å²) >= 11 is 1.55. The highest BCUT2D eigenvalue weighted by molar-refractivity contribution is 7.98. The molecular weight excluding hydrogens is 606 g/mol. The van der Waals surface area contributed by atoms with Crippen LogP contribution in [0.2, 0.25) is 0 Å². The van der Waals surface area contributed by atoms with Gasteiger partial charge in [0.25, 0.3) is 5.91 Å². The number of esters is 1. The minimum atomic E-state index is -0.264. The summed E-state index contributed by atoms with van der Waals surface area (Å²) in [7, 11) is 1.67. The van der Waals surface area contributed by atoms with Gasteiger partial charge in [0, 0.05) is 70.3 Å². The normalized spacial score (nSPS) is 18.1. The molecule has 4 heterocycles. The fraction of sp³-hybridized carbons (Fsp3) is 0.471. The van der Waals surface area contributed by atoms with Gasteiger partial charge >= 0.3 is 5.97 Å². The zero-order valence-electron chi connectivity index (χ0n) is 26.5. The Bertz CT molecular complexity index is 1530. The monoisotopic (exact) mass is 647 g/mol. The molecule has 2 fully saturated rings. The van der Waals surface area contributed by atoms with E-state index in [1.807, 2.05) is 36.4 Å². The summed E-state index contributed by atoms with van der Waals surface area (Å²) in [5.41, 5.74) is 3.68. The Labute approximate surface area is 274 Å². The predicted octanol–water partition coefficient (Wildman–Crippen LogP) is 4.38. The molecule has 3 aromatic rings. The summed E-state index contributed by atoms with van der Waals surface area (Å²) in [5, 5.41) is 0.678. The molecule has 1 amide bonds. The average Bonchev–Trinajstić information content (AvgIpc) is 3.56. The number of carbonyl (C=O) groups excluding carboxylic acids is 2. The highest BCUT2D eigenvalue weighted by Gasteiger charge is 2.30. The molecule has 0 bridgehead atoms. The number of thioether (sulfide) groups is 1. The van der Waals surface area contributed by atoms with Crippen LogP contribution < -0.4 is 14.4 Å². The smallest absolute Gasteiger partial charge is 0.310 e. The van der Waals surface area contributed by atoms with Crippen molar-refractivity contribution in [1.82, 2.24) is 19.8 Å². The molecule has 3 aliphatic rings. The van der Waals surface area contributed by atoms with E-state index < -0.39 is 0 Å². The minimum Gasteiger partial charge on any atom is -0.466 e. The lowest BCUT2D eigenvalue weighted by Crippen LogP contribution is -2.46. The van der Waals surface area contributed by atoms with Crippen LogP contribution in [0.25, 0.3) is 0 Å². The molecule has 0 spiro atoms. The number of piperidine rings is 1. The van der Waals surface area contributed by atoms with E-state index in [4.69, 9.17) is 28.9 Å². The highest BCUT2D eigenvalue weighted by atomic mass is 32.2. The first-order valence-corrected chi connectivity index (χ1v) is 16.9. The number of hydrogen-bond donors (Lipinski definition) is 0. The molecule has 1 aromatic heterocycles. The van der Waals surface area contributed by atoms with Gasteiger partial charge in [-0.2, -0.15) is 0 Å². The van der Waals surface area contributed by atoms with Gasteiger partial charge in [0.2, 0.25) is 6.79 Å². The number of rotatable bonds is 11. The molecule has 2 aromatic carbocycles. The van der Waals surface area contributed by atoms with Crippen LogP contribution in [0.4, 0.5) is 5.82 Å². The lowest BCUT2D eigenvalue weighted by Gasteiger charge is -2.35. The zero-order valence-corrected chi connectivity index (χ0v) is 27.3. The lowest BCUT2D eigenvalue weighted by atomic mass is 9.97. The minimum absolute atomic E-state index is 0.0563. The average molecular weight is 648 g/mol. The van der Waals surface area contributed by atoms with Crippen molar-refractivity contribution in [2.45, 2.75) is 43.8 Å². The fourth-order valence-corrected chi connectivity index (χ4v) is 6.89. The van der Waals surface area contributed by atoms with Crippen LogP contribution in [0.5, 0.6) is 11.5 Å². The van der Waals surface area contributed by atoms with Crippen molar-refractivity contribution in [3.63, 3.8) is 0 Å². The number of fused-ring (bicyclic) bond motifs is 1. The number of benzene rings is 2. The molecule has 0 N–H and O–H groups in total. The van der Waals surface area contributed by atoms with Crippen molar-refractivity contribution in [2.24, 2.45) is 5.92 Å². The molecule has 0 unspecified atom stereocenters. The van der Waals surface area contributed by atoms with Gasteiger partial charge in [-0.3, -0.25) is 14.5 Å². The molecule has 6 rings (SSSR count). The van der Waals surface area contributed by atoms with Crippen molar-refractivity contribution in [2.75, 3.05) is 64.7 Å². The second kappa shape index (κ2) is 15.1. The number of likely N-dealkylation sites (tertiary alicyclic amines) is 1. The van der Waals surface area contributed by atoms with Crippen molar-refractivity contribution in [3.05, 3.63) is 70.9 Å². The van der Waals surface area contributed by atoms with Gasteiger partial charge in [-0.05, 0) is 55.2 Å². The van der Waals surface area contributed by atoms with Crippen LogP contribution >= 0.6 is 11.8 Å². The Morgan fingerprint density at radius 3 is 2.65 bits per heavy atom. The standard InChI is InChI=1S/C34H41N5O6S/c1-3-43-33(41)27-8-5-11-39(20-27)32(40)26-7-4-6-25(16-26)22-46-34-35-28(21-42-2)18-31(36-34)38-14-12-37(13-15-38)19-24-9-10-29-30(17-24)45-23-44-29/h4,6-7,9-10,16-18,27H,3,5,8,11-15,19-23H2,1-2H3/t27-/m0/s1. The van der Waals surface area contributed by atoms with Gasteiger partial charge < -0.3 is 28.7 Å². The maximum atomic E-state index is 13.4. The van der Waals surface area contributed by atoms with E-state index >= 15 is 0 Å². The summed E-state index contributed by atoms with van der Waals surface area (Å²) < 4.78 is 21.6. The molecule has 0 aliphatic carbocycles. The van der Waals surface area contributed by atoms with Gasteiger partial charge in [0.15, 0.2) is 16.7 Å². The van der Waals surface area contributed by atoms with Crippen molar-refractivity contribution in [1.29, 1.82) is 0 Å². The molecule has 11 nitrogen and oxygen atoms in total. The number of aromatic nitrogens is 2. The van der Waals surface area contributed by atoms with Crippen LogP contribution in [0.15, 0.2) is 53.7 Å². The topological polar surface area (TPSA) is 107 Å². The number of ether oxygens (including phenoxy) is 4. The third-order valence-electron chi connectivity index (χ3n) is 8.45. The molecule has 1 atom stereocenters. The van der Waals surface area contributed by atoms with E-state index in [0.29, 0.717) is 42.8 Å². The van der Waals surface area contributed by atoms with E-state index in [9.17, 15) is 9.59 Å². The third-order valence-corrected chi connectivity index (χ3v) is 9.37. The van der Waals surface area contributed by atoms with Gasteiger partial charge in [0.05, 0.1) is 24.8 Å². The Morgan fingerprint density at radius 1 is 0.978 bits per heavy atom. The van der Waals surface area contributed by atoms with Crippen molar-refractivity contribution >= 4 is 29.5 Å². The van der Waals surface area contributed by atoms with Gasteiger partial charge in [-0.25, -0.2) is 9.97 Å². The van der Waals surface area contributed by atoms with Crippen LogP contribution in [0.3, 0.4) is 0 Å². The summed E-state index contributed by atoms with van der Waals surface area (Å²) in [5.74, 6) is 2.60. The number of carbonyl (C=O) groups is 2. The molecule has 0 radical (unpaired) electrons. The van der Waals surface area contributed by atoms with E-state index in [0.717, 1.165) is 74.1 Å². The second-order valence-corrected chi connectivity index (χ2v) is 12.7. The lowest BCUT2D eigenvalue weighted by molar-refractivity contribution is -0.149. The summed E-state index contributed by atoms with van der Waals surface area (Å²) in [6.45, 7) is 8.28. The number of nitrogens with zero attached hydrogens (tertiary/aromatic N) is 5. The molecule has 12 heteroatoms. The van der Waals surface area contributed by atoms with Crippen LogP contribution in [-0.4, -0.2) is 91.4 Å². The third kappa shape index (κ3) is 7.91. The van der Waals surface area contributed by atoms with E-state index in [1.54, 1.807) is 30.7 Å². The van der Waals surface area contributed by atoms with Gasteiger partial charge in [0.1, 0.15) is 5.82 Å². The van der Waals surface area contributed by atoms with E-state index in [2.05, 4.69) is 21.9 Å². The predicted molar refractivity (Wildman–Crippen MR) is 174 cm³/mol. The maximum absolute atomic E-state index is 13.4. The Balaban J connectivity index is 1.06. The van der Waals surface area contributed by atoms with Gasteiger partial charge in [-0.15, -0.1) is 0 Å². The highest BCUT2D eigenvalue weighted by Crippen LogP contribution is 2.33. The number of anilines is 1. The van der Waals surface area contributed by atoms with Crippen molar-refractivity contribution < 1.29 is 28.5 Å². The first-order chi connectivity index (χ1) is 22.5. The quantitative estimate of drug-likeness (QED) is 0.168. The van der Waals surface area contributed by atoms with Crippen molar-refractivity contribution in [3.8, 4) is 11.5 Å². The number of piperazine rings is 1. The SMILES string of the molecule is CCOC(=O)[C@H]1CCCN(C(=O)c2cccc(CSc3nc(COC)cc(N4CCN(Cc5ccc6c(c5)OCO6)CC4)n3)c2)C1. The molecule has 0 saturated carbocycles. The summed E-state index contributed by atoms with van der Waals surface area (Å²) in [4.78, 5) is 41.9. The fourth-order valence-electron chi connectivity index (χ4n) is 6.08. The molecular formula is C34H41N5O6S. The summed E-state index contributed by atoms with van der Waals surface area (Å²) in [6.07, 6.45) is 1.54. The number of methoxy groups -OCH3 is 1. The van der Waals surface area contributed by atoms with Gasteiger partial charge in [-0.1, -0.05) is 30.0 Å². The Morgan fingerprint density at radius 2 is 1.83 bits per heavy atom. The van der Waals surface area contributed by atoms with Crippen LogP contribution in [0, 0.1) is 5.92 Å². The number of hydrogen-bond acceptors (Lipinski definition) is 11. The first kappa shape index (κ1) is 32.1. The Hall–Kier alpha value is -3.87. The Kier molecular flexibility index (Phi) is 10.6. The molecule has 2 saturated heterocycles. The summed E-state index contributed by atoms with van der Waals surface area (Å²) in [6, 6.07) is 15.9. The van der Waals surface area contributed by atoms with E-state index in [1.165, 1.54) is 5.56 Å². The second-order valence-electron chi connectivity index (χ2n) is 11.7. The van der Waals surface area contributed by atoms with Crippen LogP contribution in [-0.2, 0) is 33.2 Å². The largest absolute Gasteiger partial charge is 0.466 e. The van der Waals surface area contributed by atoms with Crippen LogP contribution in [0.1, 0.15) is 46.9 Å².